The van der Waals surface area contributed by atoms with Gasteiger partial charge in [0.15, 0.2) is 6.23 Å². The van der Waals surface area contributed by atoms with Crippen LogP contribution in [0.15, 0.2) is 0 Å². The summed E-state index contributed by atoms with van der Waals surface area (Å²) in [5.74, 6) is -0.271. The molecule has 3 heteroatoms. The minimum absolute atomic E-state index is 0.0833. The van der Waals surface area contributed by atoms with Gasteiger partial charge in [0.2, 0.25) is 0 Å². The number of ether oxygens (including phenoxy) is 1. The number of esters is 1. The van der Waals surface area contributed by atoms with E-state index in [0.717, 1.165) is 0 Å². The van der Waals surface area contributed by atoms with E-state index in [4.69, 9.17) is 5.73 Å². The maximum Gasteiger partial charge on any atom is 0.315 e. The Balaban J connectivity index is 2.43. The number of carbonyl (C=O) groups is 1. The Bertz CT molecular complexity index is 102. The van der Waals surface area contributed by atoms with E-state index in [-0.39, 0.29) is 18.1 Å². The number of rotatable bonds is 0. The molecule has 2 atom stereocenters. The van der Waals surface area contributed by atoms with Gasteiger partial charge in [-0.15, -0.1) is 0 Å². The molecule has 0 bridgehead atoms. The fourth-order valence-corrected chi connectivity index (χ4v) is 0.405. The van der Waals surface area contributed by atoms with Gasteiger partial charge in [0.25, 0.3) is 0 Å². The summed E-state index contributed by atoms with van der Waals surface area (Å²) in [7, 11) is 0. The van der Waals surface area contributed by atoms with E-state index in [0.29, 0.717) is 0 Å². The summed E-state index contributed by atoms with van der Waals surface area (Å²) >= 11 is 0. The molecule has 2 N–H and O–H groups in total. The van der Waals surface area contributed by atoms with E-state index < -0.39 is 0 Å². The third-order valence-electron chi connectivity index (χ3n) is 1.12. The van der Waals surface area contributed by atoms with Gasteiger partial charge in [-0.05, 0) is 6.92 Å². The van der Waals surface area contributed by atoms with Gasteiger partial charge in [-0.3, -0.25) is 10.5 Å². The average molecular weight is 101 g/mol. The summed E-state index contributed by atoms with van der Waals surface area (Å²) in [5, 5.41) is 0. The molecule has 7 heavy (non-hydrogen) atoms. The Morgan fingerprint density at radius 1 is 1.86 bits per heavy atom. The van der Waals surface area contributed by atoms with E-state index >= 15 is 0 Å². The maximum absolute atomic E-state index is 10.1. The topological polar surface area (TPSA) is 52.3 Å². The SMILES string of the molecule is CC1C(=O)OC1N. The summed E-state index contributed by atoms with van der Waals surface area (Å²) in [6, 6.07) is 0. The van der Waals surface area contributed by atoms with Gasteiger partial charge < -0.3 is 4.74 Å². The van der Waals surface area contributed by atoms with E-state index in [1.54, 1.807) is 6.92 Å². The smallest absolute Gasteiger partial charge is 0.315 e. The van der Waals surface area contributed by atoms with E-state index in [1.807, 2.05) is 0 Å². The molecule has 0 saturated carbocycles. The number of hydrogen-bond donors (Lipinski definition) is 1. The van der Waals surface area contributed by atoms with Crippen LogP contribution in [0.5, 0.6) is 0 Å². The van der Waals surface area contributed by atoms with Crippen LogP contribution >= 0.6 is 0 Å². The molecule has 1 aliphatic heterocycles. The second kappa shape index (κ2) is 1.20. The zero-order valence-corrected chi connectivity index (χ0v) is 4.05. The predicted octanol–water partition coefficient (Wildman–Crippen LogP) is -0.536. The second-order valence-corrected chi connectivity index (χ2v) is 1.69. The number of nitrogens with two attached hydrogens (primary N) is 1. The molecule has 0 radical (unpaired) electrons. The van der Waals surface area contributed by atoms with E-state index in [1.165, 1.54) is 0 Å². The molecule has 3 nitrogen and oxygen atoms in total. The lowest BCUT2D eigenvalue weighted by molar-refractivity contribution is -0.181. The zero-order valence-electron chi connectivity index (χ0n) is 4.05. The molecule has 2 unspecified atom stereocenters. The summed E-state index contributed by atoms with van der Waals surface area (Å²) in [5.41, 5.74) is 5.17. The highest BCUT2D eigenvalue weighted by Gasteiger charge is 2.34. The lowest BCUT2D eigenvalue weighted by Gasteiger charge is -2.28. The minimum Gasteiger partial charge on any atom is -0.446 e. The molecule has 0 aliphatic carbocycles. The average Bonchev–Trinajstić information content (AvgIpc) is 1.68. The quantitative estimate of drug-likeness (QED) is 0.417. The second-order valence-electron chi connectivity index (χ2n) is 1.69. The van der Waals surface area contributed by atoms with Crippen molar-refractivity contribution in [2.24, 2.45) is 11.7 Å². The fourth-order valence-electron chi connectivity index (χ4n) is 0.405. The zero-order chi connectivity index (χ0) is 5.44. The number of hydrogen-bond acceptors (Lipinski definition) is 3. The first-order chi connectivity index (χ1) is 3.22. The normalized spacial score (nSPS) is 39.4. The van der Waals surface area contributed by atoms with Crippen molar-refractivity contribution < 1.29 is 9.53 Å². The van der Waals surface area contributed by atoms with Crippen molar-refractivity contribution in [3.8, 4) is 0 Å². The Hall–Kier alpha value is -0.570. The summed E-state index contributed by atoms with van der Waals surface area (Å²) in [6.45, 7) is 1.75. The molecule has 1 rings (SSSR count). The van der Waals surface area contributed by atoms with Gasteiger partial charge in [-0.25, -0.2) is 0 Å². The Morgan fingerprint density at radius 2 is 2.43 bits per heavy atom. The molecule has 1 saturated heterocycles. The molecule has 0 aromatic carbocycles. The monoisotopic (exact) mass is 101 g/mol. The van der Waals surface area contributed by atoms with Crippen molar-refractivity contribution in [1.82, 2.24) is 0 Å². The molecule has 0 spiro atoms. The van der Waals surface area contributed by atoms with Gasteiger partial charge in [-0.1, -0.05) is 0 Å². The molecule has 1 aliphatic rings. The molecular weight excluding hydrogens is 94.0 g/mol. The van der Waals surface area contributed by atoms with Gasteiger partial charge in [0, 0.05) is 0 Å². The van der Waals surface area contributed by atoms with Gasteiger partial charge >= 0.3 is 5.97 Å². The van der Waals surface area contributed by atoms with Crippen molar-refractivity contribution in [1.29, 1.82) is 0 Å². The molecule has 0 amide bonds. The lowest BCUT2D eigenvalue weighted by Crippen LogP contribution is -2.49. The van der Waals surface area contributed by atoms with Crippen LogP contribution in [0.1, 0.15) is 6.92 Å². The van der Waals surface area contributed by atoms with Crippen LogP contribution in [0.3, 0.4) is 0 Å². The third kappa shape index (κ3) is 0.489. The Labute approximate surface area is 41.4 Å². The number of carbonyl (C=O) groups excluding carboxylic acids is 1. The van der Waals surface area contributed by atoms with Crippen molar-refractivity contribution >= 4 is 5.97 Å². The van der Waals surface area contributed by atoms with Crippen LogP contribution in [0.4, 0.5) is 0 Å². The lowest BCUT2D eigenvalue weighted by atomic mass is 10.1. The van der Waals surface area contributed by atoms with E-state index in [2.05, 4.69) is 4.74 Å². The highest BCUT2D eigenvalue weighted by Crippen LogP contribution is 2.15. The molecule has 1 fully saturated rings. The van der Waals surface area contributed by atoms with E-state index in [9.17, 15) is 4.79 Å². The molecule has 1 heterocycles. The van der Waals surface area contributed by atoms with Crippen molar-refractivity contribution in [2.45, 2.75) is 13.2 Å². The summed E-state index contributed by atoms with van der Waals surface area (Å²) in [4.78, 5) is 10.1. The molecule has 40 valence electrons. The van der Waals surface area contributed by atoms with Gasteiger partial charge in [0.1, 0.15) is 5.92 Å². The van der Waals surface area contributed by atoms with Crippen molar-refractivity contribution in [3.63, 3.8) is 0 Å². The van der Waals surface area contributed by atoms with Crippen LogP contribution in [-0.2, 0) is 9.53 Å². The third-order valence-corrected chi connectivity index (χ3v) is 1.12. The van der Waals surface area contributed by atoms with Crippen LogP contribution in [-0.4, -0.2) is 12.2 Å². The van der Waals surface area contributed by atoms with Crippen LogP contribution in [0.2, 0.25) is 0 Å². The first-order valence-electron chi connectivity index (χ1n) is 2.18. The standard InChI is InChI=1S/C4H7NO2/c1-2-3(5)7-4(2)6/h2-3H,5H2,1H3. The highest BCUT2D eigenvalue weighted by molar-refractivity contribution is 5.77. The fraction of sp³-hybridized carbons (Fsp3) is 0.750. The first kappa shape index (κ1) is 4.59. The molecule has 0 aromatic rings. The summed E-state index contributed by atoms with van der Waals surface area (Å²) in [6.07, 6.45) is -0.340. The highest BCUT2D eigenvalue weighted by atomic mass is 16.6. The number of cyclic esters (lactones) is 1. The van der Waals surface area contributed by atoms with Crippen molar-refractivity contribution in [2.75, 3.05) is 0 Å². The molecule has 0 aromatic heterocycles. The maximum atomic E-state index is 10.1. The van der Waals surface area contributed by atoms with Crippen LogP contribution < -0.4 is 5.73 Å². The van der Waals surface area contributed by atoms with Crippen LogP contribution in [0.25, 0.3) is 0 Å². The van der Waals surface area contributed by atoms with Gasteiger partial charge in [-0.2, -0.15) is 0 Å². The minimum atomic E-state index is -0.340. The predicted molar refractivity (Wildman–Crippen MR) is 23.2 cm³/mol. The van der Waals surface area contributed by atoms with Crippen molar-refractivity contribution in [3.05, 3.63) is 0 Å². The molecular formula is C4H7NO2. The Kier molecular flexibility index (Phi) is 0.785. The largest absolute Gasteiger partial charge is 0.446 e. The van der Waals surface area contributed by atoms with Gasteiger partial charge in [0.05, 0.1) is 0 Å². The Morgan fingerprint density at radius 3 is 2.43 bits per heavy atom. The summed E-state index contributed by atoms with van der Waals surface area (Å²) < 4.78 is 4.39. The first-order valence-corrected chi connectivity index (χ1v) is 2.18. The van der Waals surface area contributed by atoms with Crippen LogP contribution in [0, 0.1) is 5.92 Å².